The molecule has 15 heavy (non-hydrogen) atoms. The summed E-state index contributed by atoms with van der Waals surface area (Å²) in [5.41, 5.74) is 3.24. The van der Waals surface area contributed by atoms with Gasteiger partial charge in [-0.15, -0.1) is 0 Å². The van der Waals surface area contributed by atoms with Crippen LogP contribution in [-0.4, -0.2) is 18.6 Å². The van der Waals surface area contributed by atoms with Crippen LogP contribution in [0.25, 0.3) is 0 Å². The summed E-state index contributed by atoms with van der Waals surface area (Å²) in [6.07, 6.45) is 5.07. The first-order valence-electron chi connectivity index (χ1n) is 5.95. The summed E-state index contributed by atoms with van der Waals surface area (Å²) in [6, 6.07) is 8.74. The van der Waals surface area contributed by atoms with E-state index in [-0.39, 0.29) is 0 Å². The second-order valence-corrected chi connectivity index (χ2v) is 4.81. The molecule has 0 aliphatic carbocycles. The molecule has 2 aliphatic rings. The maximum Gasteiger partial charge on any atom is 0.0401 e. The lowest BCUT2D eigenvalue weighted by molar-refractivity contribution is 0.312. The summed E-state index contributed by atoms with van der Waals surface area (Å²) in [4.78, 5) is 0. The van der Waals surface area contributed by atoms with Crippen LogP contribution in [0.3, 0.4) is 0 Å². The van der Waals surface area contributed by atoms with Crippen molar-refractivity contribution in [2.24, 2.45) is 0 Å². The molecule has 1 saturated heterocycles. The van der Waals surface area contributed by atoms with Crippen LogP contribution in [0, 0.1) is 0 Å². The zero-order chi connectivity index (χ0) is 10.1. The lowest BCUT2D eigenvalue weighted by atomic mass is 9.79. The number of fused-ring (bicyclic) bond motifs is 1. The Hall–Kier alpha value is -1.02. The Labute approximate surface area is 91.1 Å². The van der Waals surface area contributed by atoms with E-state index in [1.165, 1.54) is 36.9 Å². The molecule has 1 aromatic carbocycles. The highest BCUT2D eigenvalue weighted by Gasteiger charge is 2.34. The van der Waals surface area contributed by atoms with E-state index >= 15 is 0 Å². The lowest BCUT2D eigenvalue weighted by Crippen LogP contribution is -2.49. The Morgan fingerprint density at radius 3 is 2.67 bits per heavy atom. The maximum absolute atomic E-state index is 3.77. The molecule has 2 nitrogen and oxygen atoms in total. The molecule has 2 heterocycles. The molecule has 2 aliphatic heterocycles. The standard InChI is InChI=1S/C13H18N2/c1-2-4-12-11(3-1)5-6-13(15-12)7-9-14-10-8-13/h1-4,14-15H,5-10H2. The van der Waals surface area contributed by atoms with Crippen LogP contribution in [0.15, 0.2) is 24.3 Å². The molecule has 1 fully saturated rings. The van der Waals surface area contributed by atoms with E-state index in [2.05, 4.69) is 34.9 Å². The van der Waals surface area contributed by atoms with E-state index in [4.69, 9.17) is 0 Å². The van der Waals surface area contributed by atoms with Gasteiger partial charge in [-0.05, 0) is 50.4 Å². The molecule has 0 radical (unpaired) electrons. The zero-order valence-electron chi connectivity index (χ0n) is 9.05. The largest absolute Gasteiger partial charge is 0.379 e. The van der Waals surface area contributed by atoms with Crippen molar-refractivity contribution in [2.45, 2.75) is 31.2 Å². The van der Waals surface area contributed by atoms with Crippen molar-refractivity contribution < 1.29 is 0 Å². The molecule has 2 N–H and O–H groups in total. The summed E-state index contributed by atoms with van der Waals surface area (Å²) in [6.45, 7) is 2.32. The molecule has 3 rings (SSSR count). The highest BCUT2D eigenvalue weighted by atomic mass is 15.0. The molecule has 0 saturated carbocycles. The predicted molar refractivity (Wildman–Crippen MR) is 63.2 cm³/mol. The summed E-state index contributed by atoms with van der Waals surface area (Å²) in [5.74, 6) is 0. The van der Waals surface area contributed by atoms with Crippen molar-refractivity contribution in [3.63, 3.8) is 0 Å². The Morgan fingerprint density at radius 2 is 1.80 bits per heavy atom. The molecular weight excluding hydrogens is 184 g/mol. The van der Waals surface area contributed by atoms with Gasteiger partial charge in [0.1, 0.15) is 0 Å². The summed E-state index contributed by atoms with van der Waals surface area (Å²) in [5, 5.41) is 7.21. The van der Waals surface area contributed by atoms with E-state index in [1.807, 2.05) is 0 Å². The predicted octanol–water partition coefficient (Wildman–Crippen LogP) is 2.17. The van der Waals surface area contributed by atoms with Gasteiger partial charge in [-0.3, -0.25) is 0 Å². The van der Waals surface area contributed by atoms with E-state index in [0.717, 1.165) is 13.1 Å². The fourth-order valence-electron chi connectivity index (χ4n) is 2.86. The van der Waals surface area contributed by atoms with Crippen molar-refractivity contribution in [1.82, 2.24) is 5.32 Å². The first-order valence-corrected chi connectivity index (χ1v) is 5.95. The maximum atomic E-state index is 3.77. The van der Waals surface area contributed by atoms with Gasteiger partial charge in [-0.25, -0.2) is 0 Å². The van der Waals surface area contributed by atoms with E-state index in [9.17, 15) is 0 Å². The third kappa shape index (κ3) is 1.63. The van der Waals surface area contributed by atoms with Gasteiger partial charge in [-0.2, -0.15) is 0 Å². The Morgan fingerprint density at radius 1 is 1.00 bits per heavy atom. The molecule has 0 atom stereocenters. The third-order valence-electron chi connectivity index (χ3n) is 3.85. The number of rotatable bonds is 0. The van der Waals surface area contributed by atoms with E-state index < -0.39 is 0 Å². The number of para-hydroxylation sites is 1. The minimum absolute atomic E-state index is 0.388. The van der Waals surface area contributed by atoms with Gasteiger partial charge in [-0.1, -0.05) is 18.2 Å². The molecule has 1 aromatic rings. The molecule has 0 amide bonds. The number of aryl methyl sites for hydroxylation is 1. The van der Waals surface area contributed by atoms with Crippen LogP contribution < -0.4 is 10.6 Å². The van der Waals surface area contributed by atoms with Crippen LogP contribution in [0.5, 0.6) is 0 Å². The average Bonchev–Trinajstić information content (AvgIpc) is 2.30. The van der Waals surface area contributed by atoms with E-state index in [0.29, 0.717) is 5.54 Å². The highest BCUT2D eigenvalue weighted by molar-refractivity contribution is 5.55. The Kier molecular flexibility index (Phi) is 2.17. The Bertz CT molecular complexity index is 353. The van der Waals surface area contributed by atoms with Gasteiger partial charge in [0.05, 0.1) is 0 Å². The number of hydrogen-bond donors (Lipinski definition) is 2. The van der Waals surface area contributed by atoms with Crippen molar-refractivity contribution in [3.8, 4) is 0 Å². The molecule has 0 unspecified atom stereocenters. The van der Waals surface area contributed by atoms with Gasteiger partial charge >= 0.3 is 0 Å². The molecule has 0 aromatic heterocycles. The zero-order valence-corrected chi connectivity index (χ0v) is 9.05. The lowest BCUT2D eigenvalue weighted by Gasteiger charge is -2.43. The molecule has 2 heteroatoms. The van der Waals surface area contributed by atoms with Crippen LogP contribution >= 0.6 is 0 Å². The minimum atomic E-state index is 0.388. The summed E-state index contributed by atoms with van der Waals surface area (Å²) >= 11 is 0. The second-order valence-electron chi connectivity index (χ2n) is 4.81. The minimum Gasteiger partial charge on any atom is -0.379 e. The van der Waals surface area contributed by atoms with Crippen molar-refractivity contribution in [1.29, 1.82) is 0 Å². The summed E-state index contributed by atoms with van der Waals surface area (Å²) in [7, 11) is 0. The van der Waals surface area contributed by atoms with Crippen LogP contribution in [-0.2, 0) is 6.42 Å². The highest BCUT2D eigenvalue weighted by Crippen LogP contribution is 2.35. The second kappa shape index (κ2) is 3.53. The number of anilines is 1. The van der Waals surface area contributed by atoms with Crippen molar-refractivity contribution in [2.75, 3.05) is 18.4 Å². The van der Waals surface area contributed by atoms with Crippen molar-refractivity contribution >= 4 is 5.69 Å². The van der Waals surface area contributed by atoms with Gasteiger partial charge in [0, 0.05) is 11.2 Å². The number of hydrogen-bond acceptors (Lipinski definition) is 2. The monoisotopic (exact) mass is 202 g/mol. The Balaban J connectivity index is 1.87. The van der Waals surface area contributed by atoms with Crippen LogP contribution in [0.4, 0.5) is 5.69 Å². The molecule has 1 spiro atoms. The van der Waals surface area contributed by atoms with Gasteiger partial charge < -0.3 is 10.6 Å². The first kappa shape index (κ1) is 9.22. The first-order chi connectivity index (χ1) is 7.38. The third-order valence-corrected chi connectivity index (χ3v) is 3.85. The number of piperidine rings is 1. The molecule has 80 valence electrons. The summed E-state index contributed by atoms with van der Waals surface area (Å²) < 4.78 is 0. The number of nitrogens with one attached hydrogen (secondary N) is 2. The van der Waals surface area contributed by atoms with Gasteiger partial charge in [0.25, 0.3) is 0 Å². The molecular formula is C13H18N2. The SMILES string of the molecule is c1ccc2c(c1)CCC1(CCNCC1)N2. The average molecular weight is 202 g/mol. The van der Waals surface area contributed by atoms with E-state index in [1.54, 1.807) is 0 Å². The quantitative estimate of drug-likeness (QED) is 0.673. The fraction of sp³-hybridized carbons (Fsp3) is 0.538. The fourth-order valence-corrected chi connectivity index (χ4v) is 2.86. The van der Waals surface area contributed by atoms with Crippen molar-refractivity contribution in [3.05, 3.63) is 29.8 Å². The van der Waals surface area contributed by atoms with Crippen LogP contribution in [0.2, 0.25) is 0 Å². The molecule has 0 bridgehead atoms. The van der Waals surface area contributed by atoms with Crippen LogP contribution in [0.1, 0.15) is 24.8 Å². The topological polar surface area (TPSA) is 24.1 Å². The smallest absolute Gasteiger partial charge is 0.0401 e. The normalized spacial score (nSPS) is 23.2. The van der Waals surface area contributed by atoms with Gasteiger partial charge in [0.2, 0.25) is 0 Å². The van der Waals surface area contributed by atoms with Gasteiger partial charge in [0.15, 0.2) is 0 Å². The number of benzene rings is 1.